The van der Waals surface area contributed by atoms with Gasteiger partial charge in [0, 0.05) is 6.54 Å². The lowest BCUT2D eigenvalue weighted by Crippen LogP contribution is -2.57. The van der Waals surface area contributed by atoms with Gasteiger partial charge in [-0.2, -0.15) is 0 Å². The monoisotopic (exact) mass is 182 g/mol. The highest BCUT2D eigenvalue weighted by Gasteiger charge is 2.33. The first-order valence-electron chi connectivity index (χ1n) is 4.75. The predicted octanol–water partition coefficient (Wildman–Crippen LogP) is -0.257. The second-order valence-electron chi connectivity index (χ2n) is 3.95. The molecular formula is C9H14N2O2. The molecule has 72 valence electrons. The third kappa shape index (κ3) is 1.82. The van der Waals surface area contributed by atoms with Crippen LogP contribution in [0, 0.1) is 5.92 Å². The third-order valence-electron chi connectivity index (χ3n) is 2.57. The van der Waals surface area contributed by atoms with Crippen LogP contribution in [0.15, 0.2) is 0 Å². The van der Waals surface area contributed by atoms with Gasteiger partial charge in [0.25, 0.3) is 0 Å². The van der Waals surface area contributed by atoms with Crippen LogP contribution in [0.2, 0.25) is 0 Å². The fraction of sp³-hybridized carbons (Fsp3) is 0.778. The molecule has 4 heteroatoms. The van der Waals surface area contributed by atoms with Crippen LogP contribution in [0.3, 0.4) is 0 Å². The molecule has 2 amide bonds. The third-order valence-corrected chi connectivity index (χ3v) is 2.57. The lowest BCUT2D eigenvalue weighted by atomic mass is 10.2. The van der Waals surface area contributed by atoms with Crippen molar-refractivity contribution in [3.8, 4) is 0 Å². The summed E-state index contributed by atoms with van der Waals surface area (Å²) in [7, 11) is 0. The Morgan fingerprint density at radius 2 is 2.15 bits per heavy atom. The zero-order valence-electron chi connectivity index (χ0n) is 7.75. The van der Waals surface area contributed by atoms with Crippen molar-refractivity contribution >= 4 is 11.8 Å². The van der Waals surface area contributed by atoms with Crippen LogP contribution in [0.25, 0.3) is 0 Å². The van der Waals surface area contributed by atoms with Gasteiger partial charge in [-0.1, -0.05) is 0 Å². The Bertz CT molecular complexity index is 248. The van der Waals surface area contributed by atoms with E-state index in [0.717, 1.165) is 6.54 Å². The minimum atomic E-state index is -0.333. The Kier molecular flexibility index (Phi) is 1.98. The van der Waals surface area contributed by atoms with Crippen molar-refractivity contribution in [1.82, 2.24) is 10.2 Å². The molecule has 1 heterocycles. The van der Waals surface area contributed by atoms with Crippen LogP contribution in [-0.2, 0) is 9.59 Å². The summed E-state index contributed by atoms with van der Waals surface area (Å²) in [6.45, 7) is 2.76. The van der Waals surface area contributed by atoms with E-state index in [1.54, 1.807) is 11.8 Å². The Morgan fingerprint density at radius 1 is 1.46 bits per heavy atom. The van der Waals surface area contributed by atoms with Gasteiger partial charge in [-0.3, -0.25) is 9.59 Å². The van der Waals surface area contributed by atoms with Gasteiger partial charge >= 0.3 is 0 Å². The summed E-state index contributed by atoms with van der Waals surface area (Å²) in [4.78, 5) is 24.4. The molecule has 0 radical (unpaired) electrons. The maximum Gasteiger partial charge on any atom is 0.245 e. The second-order valence-corrected chi connectivity index (χ2v) is 3.95. The lowest BCUT2D eigenvalue weighted by molar-refractivity contribution is -0.143. The average Bonchev–Trinajstić information content (AvgIpc) is 2.83. The van der Waals surface area contributed by atoms with Crippen molar-refractivity contribution in [2.75, 3.05) is 13.1 Å². The number of hydrogen-bond acceptors (Lipinski definition) is 2. The van der Waals surface area contributed by atoms with Crippen LogP contribution in [-0.4, -0.2) is 35.8 Å². The molecule has 0 bridgehead atoms. The van der Waals surface area contributed by atoms with Crippen molar-refractivity contribution in [1.29, 1.82) is 0 Å². The molecule has 1 atom stereocenters. The molecule has 0 spiro atoms. The minimum absolute atomic E-state index is 0.0345. The minimum Gasteiger partial charge on any atom is -0.343 e. The molecule has 1 saturated carbocycles. The number of carbonyl (C=O) groups is 2. The van der Waals surface area contributed by atoms with Crippen LogP contribution in [0.5, 0.6) is 0 Å². The van der Waals surface area contributed by atoms with Crippen molar-refractivity contribution in [2.24, 2.45) is 5.92 Å². The number of piperazine rings is 1. The van der Waals surface area contributed by atoms with Crippen molar-refractivity contribution < 1.29 is 9.59 Å². The number of carbonyl (C=O) groups excluding carboxylic acids is 2. The Morgan fingerprint density at radius 3 is 2.77 bits per heavy atom. The zero-order valence-corrected chi connectivity index (χ0v) is 7.75. The van der Waals surface area contributed by atoms with Crippen molar-refractivity contribution in [3.63, 3.8) is 0 Å². The first-order valence-corrected chi connectivity index (χ1v) is 4.75. The van der Waals surface area contributed by atoms with Gasteiger partial charge in [-0.15, -0.1) is 0 Å². The molecule has 0 aromatic heterocycles. The van der Waals surface area contributed by atoms with Crippen LogP contribution >= 0.6 is 0 Å². The number of amides is 2. The van der Waals surface area contributed by atoms with E-state index in [4.69, 9.17) is 0 Å². The molecule has 13 heavy (non-hydrogen) atoms. The fourth-order valence-electron chi connectivity index (χ4n) is 1.64. The first kappa shape index (κ1) is 8.53. The van der Waals surface area contributed by atoms with E-state index in [2.05, 4.69) is 5.32 Å². The smallest absolute Gasteiger partial charge is 0.245 e. The van der Waals surface area contributed by atoms with E-state index in [9.17, 15) is 9.59 Å². The van der Waals surface area contributed by atoms with Crippen LogP contribution < -0.4 is 5.32 Å². The van der Waals surface area contributed by atoms with Crippen molar-refractivity contribution in [3.05, 3.63) is 0 Å². The molecule has 2 aliphatic rings. The van der Waals surface area contributed by atoms with Gasteiger partial charge in [0.2, 0.25) is 11.8 Å². The largest absolute Gasteiger partial charge is 0.343 e. The number of rotatable bonds is 2. The molecule has 2 rings (SSSR count). The molecule has 2 fully saturated rings. The highest BCUT2D eigenvalue weighted by atomic mass is 16.2. The Hall–Kier alpha value is -1.06. The highest BCUT2D eigenvalue weighted by molar-refractivity contribution is 5.94. The van der Waals surface area contributed by atoms with Crippen LogP contribution in [0.1, 0.15) is 19.8 Å². The maximum absolute atomic E-state index is 11.5. The zero-order chi connectivity index (χ0) is 9.42. The molecule has 1 unspecified atom stereocenters. The molecule has 1 aliphatic carbocycles. The predicted molar refractivity (Wildman–Crippen MR) is 46.9 cm³/mol. The molecule has 4 nitrogen and oxygen atoms in total. The quantitative estimate of drug-likeness (QED) is 0.640. The molecule has 0 aromatic carbocycles. The Balaban J connectivity index is 1.97. The van der Waals surface area contributed by atoms with Crippen LogP contribution in [0.4, 0.5) is 0 Å². The van der Waals surface area contributed by atoms with Gasteiger partial charge in [0.15, 0.2) is 0 Å². The summed E-state index contributed by atoms with van der Waals surface area (Å²) in [6, 6.07) is -0.333. The fourth-order valence-corrected chi connectivity index (χ4v) is 1.64. The number of hydrogen-bond donors (Lipinski definition) is 1. The lowest BCUT2D eigenvalue weighted by Gasteiger charge is -2.30. The van der Waals surface area contributed by atoms with E-state index in [1.165, 1.54) is 12.8 Å². The summed E-state index contributed by atoms with van der Waals surface area (Å²) in [6.07, 6.45) is 2.42. The first-order chi connectivity index (χ1) is 6.16. The van der Waals surface area contributed by atoms with Gasteiger partial charge in [-0.05, 0) is 25.7 Å². The highest BCUT2D eigenvalue weighted by Crippen LogP contribution is 2.30. The average molecular weight is 182 g/mol. The summed E-state index contributed by atoms with van der Waals surface area (Å²) in [5, 5.41) is 2.62. The standard InChI is InChI=1S/C9H14N2O2/c1-6-9(13)11(4-7-2-3-7)5-8(12)10-6/h6-7H,2-5H2,1H3,(H,10,12). The van der Waals surface area contributed by atoms with E-state index < -0.39 is 0 Å². The van der Waals surface area contributed by atoms with Gasteiger partial charge in [0.1, 0.15) is 6.04 Å². The maximum atomic E-state index is 11.5. The van der Waals surface area contributed by atoms with Crippen molar-refractivity contribution in [2.45, 2.75) is 25.8 Å². The molecule has 1 saturated heterocycles. The van der Waals surface area contributed by atoms with Gasteiger partial charge in [-0.25, -0.2) is 0 Å². The van der Waals surface area contributed by atoms with E-state index in [0.29, 0.717) is 5.92 Å². The topological polar surface area (TPSA) is 49.4 Å². The van der Waals surface area contributed by atoms with Gasteiger partial charge in [0.05, 0.1) is 6.54 Å². The van der Waals surface area contributed by atoms with E-state index in [-0.39, 0.29) is 24.4 Å². The molecule has 1 aliphatic heterocycles. The summed E-state index contributed by atoms with van der Waals surface area (Å²) in [5.74, 6) is 0.682. The molecular weight excluding hydrogens is 168 g/mol. The normalized spacial score (nSPS) is 29.0. The van der Waals surface area contributed by atoms with Gasteiger partial charge < -0.3 is 10.2 Å². The van der Waals surface area contributed by atoms with E-state index >= 15 is 0 Å². The summed E-state index contributed by atoms with van der Waals surface area (Å²) < 4.78 is 0. The number of nitrogens with zero attached hydrogens (tertiary/aromatic N) is 1. The summed E-state index contributed by atoms with van der Waals surface area (Å²) in [5.41, 5.74) is 0. The molecule has 1 N–H and O–H groups in total. The Labute approximate surface area is 77.3 Å². The SMILES string of the molecule is CC1NC(=O)CN(CC2CC2)C1=O. The second kappa shape index (κ2) is 3.01. The summed E-state index contributed by atoms with van der Waals surface area (Å²) >= 11 is 0. The molecule has 0 aromatic rings. The number of nitrogens with one attached hydrogen (secondary N) is 1. The van der Waals surface area contributed by atoms with E-state index in [1.807, 2.05) is 0 Å².